The van der Waals surface area contributed by atoms with Crippen LogP contribution in [0.25, 0.3) is 11.3 Å². The molecule has 2 aromatic carbocycles. The Morgan fingerprint density at radius 1 is 0.968 bits per heavy atom. The molecule has 31 heavy (non-hydrogen) atoms. The normalized spacial score (nSPS) is 11.0. The minimum absolute atomic E-state index is 0.144. The maximum Gasteiger partial charge on any atom is 0.255 e. The fourth-order valence-electron chi connectivity index (χ4n) is 3.27. The van der Waals surface area contributed by atoms with Crippen molar-refractivity contribution in [3.8, 4) is 5.69 Å². The lowest BCUT2D eigenvalue weighted by molar-refractivity contribution is 0.102. The lowest BCUT2D eigenvalue weighted by atomic mass is 10.2. The standard InChI is InChI=1S/C24H19N5OS/c30-24(27-19-5-3-6-21(15-19)29-14-4-12-25-29)18-8-10-22(11-9-18)31-17-20-16-28-13-2-1-7-23(28)26-20/h1-16H,17H2,(H,27,30). The van der Waals surface area contributed by atoms with Crippen LogP contribution in [0.15, 0.2) is 102 Å². The number of aromatic nitrogens is 4. The highest BCUT2D eigenvalue weighted by molar-refractivity contribution is 7.98. The molecule has 0 unspecified atom stereocenters. The van der Waals surface area contributed by atoms with Crippen molar-refractivity contribution in [2.24, 2.45) is 0 Å². The molecule has 3 aromatic heterocycles. The van der Waals surface area contributed by atoms with Crippen molar-refractivity contribution in [3.63, 3.8) is 0 Å². The predicted octanol–water partition coefficient (Wildman–Crippen LogP) is 5.06. The van der Waals surface area contributed by atoms with E-state index < -0.39 is 0 Å². The Morgan fingerprint density at radius 2 is 1.87 bits per heavy atom. The second-order valence-electron chi connectivity index (χ2n) is 6.97. The molecule has 5 aromatic rings. The molecule has 3 heterocycles. The van der Waals surface area contributed by atoms with Crippen LogP contribution < -0.4 is 5.32 Å². The van der Waals surface area contributed by atoms with Crippen LogP contribution in [0.3, 0.4) is 0 Å². The van der Waals surface area contributed by atoms with Gasteiger partial charge in [0.2, 0.25) is 0 Å². The summed E-state index contributed by atoms with van der Waals surface area (Å²) in [5.41, 5.74) is 4.20. The van der Waals surface area contributed by atoms with E-state index >= 15 is 0 Å². The Hall–Kier alpha value is -3.84. The average Bonchev–Trinajstić information content (AvgIpc) is 3.48. The van der Waals surface area contributed by atoms with Crippen LogP contribution in [0.5, 0.6) is 0 Å². The van der Waals surface area contributed by atoms with Gasteiger partial charge < -0.3 is 9.72 Å². The molecule has 0 radical (unpaired) electrons. The third-order valence-corrected chi connectivity index (χ3v) is 5.84. The van der Waals surface area contributed by atoms with Gasteiger partial charge >= 0.3 is 0 Å². The molecule has 1 amide bonds. The van der Waals surface area contributed by atoms with Crippen LogP contribution in [-0.2, 0) is 5.75 Å². The minimum atomic E-state index is -0.144. The van der Waals surface area contributed by atoms with Gasteiger partial charge in [-0.25, -0.2) is 9.67 Å². The van der Waals surface area contributed by atoms with Gasteiger partial charge in [0, 0.05) is 46.7 Å². The number of benzene rings is 2. The SMILES string of the molecule is O=C(Nc1cccc(-n2cccn2)c1)c1ccc(SCc2cn3ccccc3n2)cc1. The molecule has 0 saturated carbocycles. The quantitative estimate of drug-likeness (QED) is 0.386. The first kappa shape index (κ1) is 19.1. The first-order chi connectivity index (χ1) is 15.2. The van der Waals surface area contributed by atoms with Crippen molar-refractivity contribution >= 4 is 29.0 Å². The maximum atomic E-state index is 12.6. The zero-order valence-corrected chi connectivity index (χ0v) is 17.4. The number of pyridine rings is 1. The van der Waals surface area contributed by atoms with Gasteiger partial charge in [-0.3, -0.25) is 4.79 Å². The molecule has 0 atom stereocenters. The van der Waals surface area contributed by atoms with E-state index in [-0.39, 0.29) is 5.91 Å². The van der Waals surface area contributed by atoms with Crippen molar-refractivity contribution in [2.45, 2.75) is 10.6 Å². The van der Waals surface area contributed by atoms with E-state index in [2.05, 4.69) is 15.4 Å². The van der Waals surface area contributed by atoms with Crippen LogP contribution >= 0.6 is 11.8 Å². The molecule has 0 spiro atoms. The van der Waals surface area contributed by atoms with E-state index in [1.807, 2.05) is 95.8 Å². The molecule has 152 valence electrons. The minimum Gasteiger partial charge on any atom is -0.322 e. The van der Waals surface area contributed by atoms with E-state index in [0.717, 1.165) is 33.4 Å². The maximum absolute atomic E-state index is 12.6. The predicted molar refractivity (Wildman–Crippen MR) is 123 cm³/mol. The molecule has 5 rings (SSSR count). The summed E-state index contributed by atoms with van der Waals surface area (Å²) in [7, 11) is 0. The Kier molecular flexibility index (Phi) is 5.24. The molecule has 0 saturated heterocycles. The van der Waals surface area contributed by atoms with E-state index in [1.54, 1.807) is 22.6 Å². The summed E-state index contributed by atoms with van der Waals surface area (Å²) in [4.78, 5) is 18.4. The zero-order chi connectivity index (χ0) is 21.0. The number of thioether (sulfide) groups is 1. The number of nitrogens with one attached hydrogen (secondary N) is 1. The highest BCUT2D eigenvalue weighted by Gasteiger charge is 2.08. The van der Waals surface area contributed by atoms with Crippen molar-refractivity contribution in [1.29, 1.82) is 0 Å². The van der Waals surface area contributed by atoms with Gasteiger partial charge in [0.25, 0.3) is 5.91 Å². The highest BCUT2D eigenvalue weighted by atomic mass is 32.2. The van der Waals surface area contributed by atoms with Crippen molar-refractivity contribution in [2.75, 3.05) is 5.32 Å². The third-order valence-electron chi connectivity index (χ3n) is 4.79. The summed E-state index contributed by atoms with van der Waals surface area (Å²) < 4.78 is 3.77. The molecule has 0 fully saturated rings. The fraction of sp³-hybridized carbons (Fsp3) is 0.0417. The number of carbonyl (C=O) groups is 1. The number of hydrogen-bond donors (Lipinski definition) is 1. The number of anilines is 1. The van der Waals surface area contributed by atoms with Crippen molar-refractivity contribution < 1.29 is 4.79 Å². The molecular formula is C24H19N5OS. The Morgan fingerprint density at radius 3 is 2.68 bits per heavy atom. The van der Waals surface area contributed by atoms with Gasteiger partial charge in [-0.15, -0.1) is 11.8 Å². The van der Waals surface area contributed by atoms with Gasteiger partial charge in [0.15, 0.2) is 0 Å². The number of imidazole rings is 1. The number of rotatable bonds is 6. The summed E-state index contributed by atoms with van der Waals surface area (Å²) in [6.45, 7) is 0. The van der Waals surface area contributed by atoms with Crippen LogP contribution in [0.2, 0.25) is 0 Å². The third kappa shape index (κ3) is 4.36. The smallest absolute Gasteiger partial charge is 0.255 e. The molecule has 7 heteroatoms. The lowest BCUT2D eigenvalue weighted by Crippen LogP contribution is -2.12. The highest BCUT2D eigenvalue weighted by Crippen LogP contribution is 2.23. The Balaban J connectivity index is 1.22. The first-order valence-corrected chi connectivity index (χ1v) is 10.8. The summed E-state index contributed by atoms with van der Waals surface area (Å²) in [5.74, 6) is 0.627. The van der Waals surface area contributed by atoms with E-state index in [0.29, 0.717) is 5.56 Å². The molecule has 0 bridgehead atoms. The molecule has 0 aliphatic carbocycles. The number of carbonyl (C=O) groups excluding carboxylic acids is 1. The van der Waals surface area contributed by atoms with Crippen molar-refractivity contribution in [1.82, 2.24) is 19.2 Å². The largest absolute Gasteiger partial charge is 0.322 e. The summed E-state index contributed by atoms with van der Waals surface area (Å²) in [6.07, 6.45) is 7.62. The number of amides is 1. The zero-order valence-electron chi connectivity index (χ0n) is 16.6. The Bertz CT molecular complexity index is 1290. The Labute approximate surface area is 183 Å². The number of fused-ring (bicyclic) bond motifs is 1. The van der Waals surface area contributed by atoms with E-state index in [4.69, 9.17) is 0 Å². The molecule has 0 aliphatic heterocycles. The van der Waals surface area contributed by atoms with Gasteiger partial charge in [-0.2, -0.15) is 5.10 Å². The number of nitrogens with zero attached hydrogens (tertiary/aromatic N) is 4. The van der Waals surface area contributed by atoms with Gasteiger partial charge in [-0.05, 0) is 60.7 Å². The lowest BCUT2D eigenvalue weighted by Gasteiger charge is -2.08. The van der Waals surface area contributed by atoms with Crippen LogP contribution in [0.1, 0.15) is 16.1 Å². The van der Waals surface area contributed by atoms with Crippen LogP contribution in [0, 0.1) is 0 Å². The van der Waals surface area contributed by atoms with Crippen molar-refractivity contribution in [3.05, 3.63) is 109 Å². The average molecular weight is 426 g/mol. The van der Waals surface area contributed by atoms with Gasteiger partial charge in [-0.1, -0.05) is 12.1 Å². The fourth-order valence-corrected chi connectivity index (χ4v) is 4.05. The second-order valence-corrected chi connectivity index (χ2v) is 8.02. The van der Waals surface area contributed by atoms with E-state index in [1.165, 1.54) is 0 Å². The molecule has 6 nitrogen and oxygen atoms in total. The second kappa shape index (κ2) is 8.49. The summed E-state index contributed by atoms with van der Waals surface area (Å²) in [6, 6.07) is 23.0. The molecule has 0 aliphatic rings. The molecular weight excluding hydrogens is 406 g/mol. The molecule has 1 N–H and O–H groups in total. The van der Waals surface area contributed by atoms with Crippen LogP contribution in [0.4, 0.5) is 5.69 Å². The topological polar surface area (TPSA) is 64.2 Å². The van der Waals surface area contributed by atoms with Gasteiger partial charge in [0.05, 0.1) is 11.4 Å². The monoisotopic (exact) mass is 425 g/mol. The summed E-state index contributed by atoms with van der Waals surface area (Å²) >= 11 is 1.70. The first-order valence-electron chi connectivity index (χ1n) is 9.81. The number of hydrogen-bond acceptors (Lipinski definition) is 4. The van der Waals surface area contributed by atoms with Gasteiger partial charge in [0.1, 0.15) is 5.65 Å². The summed E-state index contributed by atoms with van der Waals surface area (Å²) in [5, 5.41) is 7.18. The van der Waals surface area contributed by atoms with E-state index in [9.17, 15) is 4.79 Å². The van der Waals surface area contributed by atoms with Crippen LogP contribution in [-0.4, -0.2) is 25.1 Å².